The molecule has 7 heteroatoms. The molecule has 0 saturated heterocycles. The molecule has 0 aliphatic heterocycles. The molecule has 1 N–H and O–H groups in total. The van der Waals surface area contributed by atoms with Gasteiger partial charge in [-0.2, -0.15) is 0 Å². The highest BCUT2D eigenvalue weighted by atomic mass is 79.9. The lowest BCUT2D eigenvalue weighted by atomic mass is 10.1. The molecule has 0 aliphatic rings. The van der Waals surface area contributed by atoms with Crippen molar-refractivity contribution < 1.29 is 4.79 Å². The number of nitrogens with one attached hydrogen (secondary N) is 1. The first-order valence-corrected chi connectivity index (χ1v) is 10.9. The van der Waals surface area contributed by atoms with E-state index in [0.29, 0.717) is 16.5 Å². The minimum Gasteiger partial charge on any atom is -0.319 e. The van der Waals surface area contributed by atoms with E-state index in [-0.39, 0.29) is 5.82 Å². The van der Waals surface area contributed by atoms with Crippen LogP contribution in [-0.2, 0) is 0 Å². The van der Waals surface area contributed by atoms with E-state index >= 15 is 0 Å². The molecule has 0 unspecified atom stereocenters. The van der Waals surface area contributed by atoms with Gasteiger partial charge in [-0.3, -0.25) is 4.79 Å². The molecule has 0 bridgehead atoms. The number of anilines is 1. The molecule has 5 nitrogen and oxygen atoms in total. The Bertz CT molecular complexity index is 1280. The van der Waals surface area contributed by atoms with Crippen molar-refractivity contribution in [1.29, 1.82) is 0 Å². The molecule has 0 spiro atoms. The Morgan fingerprint density at radius 2 is 1.71 bits per heavy atom. The predicted molar refractivity (Wildman–Crippen MR) is 128 cm³/mol. The second-order valence-corrected chi connectivity index (χ2v) is 8.71. The molecular weight excluding hydrogens is 476 g/mol. The zero-order chi connectivity index (χ0) is 22.1. The van der Waals surface area contributed by atoms with Gasteiger partial charge in [0.15, 0.2) is 5.82 Å². The molecule has 156 valence electrons. The maximum absolute atomic E-state index is 12.9. The monoisotopic (exact) mass is 494 g/mol. The van der Waals surface area contributed by atoms with Crippen LogP contribution in [0.3, 0.4) is 0 Å². The number of rotatable bonds is 4. The molecule has 1 aromatic heterocycles. The van der Waals surface area contributed by atoms with Gasteiger partial charge in [0.05, 0.1) is 5.69 Å². The molecule has 0 aliphatic carbocycles. The van der Waals surface area contributed by atoms with Crippen molar-refractivity contribution in [3.63, 3.8) is 0 Å². The van der Waals surface area contributed by atoms with Crippen LogP contribution in [-0.4, -0.2) is 20.7 Å². The quantitative estimate of drug-likeness (QED) is 0.350. The molecule has 1 heterocycles. The Hall–Kier alpha value is -2.96. The van der Waals surface area contributed by atoms with Crippen LogP contribution >= 0.6 is 27.5 Å². The first-order valence-electron chi connectivity index (χ1n) is 9.70. The smallest absolute Gasteiger partial charge is 0.295 e. The second kappa shape index (κ2) is 8.65. The highest BCUT2D eigenvalue weighted by Gasteiger charge is 2.20. The van der Waals surface area contributed by atoms with E-state index < -0.39 is 5.91 Å². The lowest BCUT2D eigenvalue weighted by molar-refractivity contribution is 0.101. The van der Waals surface area contributed by atoms with Crippen LogP contribution in [0.25, 0.3) is 17.1 Å². The normalized spacial score (nSPS) is 10.9. The van der Waals surface area contributed by atoms with Crippen LogP contribution in [0.4, 0.5) is 5.69 Å². The van der Waals surface area contributed by atoms with Gasteiger partial charge in [0, 0.05) is 20.7 Å². The molecule has 3 aromatic carbocycles. The summed E-state index contributed by atoms with van der Waals surface area (Å²) in [5.41, 5.74) is 5.45. The summed E-state index contributed by atoms with van der Waals surface area (Å²) in [6, 6.07) is 19.2. The topological polar surface area (TPSA) is 59.8 Å². The van der Waals surface area contributed by atoms with Gasteiger partial charge in [0.25, 0.3) is 5.91 Å². The number of benzene rings is 3. The summed E-state index contributed by atoms with van der Waals surface area (Å²) in [5, 5.41) is 7.97. The van der Waals surface area contributed by atoms with E-state index in [1.807, 2.05) is 63.2 Å². The van der Waals surface area contributed by atoms with Gasteiger partial charge in [0.1, 0.15) is 0 Å². The van der Waals surface area contributed by atoms with E-state index in [1.54, 1.807) is 16.8 Å². The highest BCUT2D eigenvalue weighted by Crippen LogP contribution is 2.26. The molecule has 0 radical (unpaired) electrons. The zero-order valence-electron chi connectivity index (χ0n) is 17.3. The van der Waals surface area contributed by atoms with Crippen LogP contribution in [0.1, 0.15) is 27.3 Å². The van der Waals surface area contributed by atoms with Crippen LogP contribution < -0.4 is 5.32 Å². The summed E-state index contributed by atoms with van der Waals surface area (Å²) in [5.74, 6) is 0.267. The summed E-state index contributed by atoms with van der Waals surface area (Å²) in [6.45, 7) is 5.97. The number of aromatic nitrogens is 3. The first-order chi connectivity index (χ1) is 14.8. The minimum absolute atomic E-state index is 0.0783. The average Bonchev–Trinajstić information content (AvgIpc) is 3.16. The maximum atomic E-state index is 12.9. The summed E-state index contributed by atoms with van der Waals surface area (Å²) in [4.78, 5) is 17.5. The van der Waals surface area contributed by atoms with Gasteiger partial charge in [-0.25, -0.2) is 9.67 Å². The Labute approximate surface area is 194 Å². The van der Waals surface area contributed by atoms with Gasteiger partial charge < -0.3 is 5.32 Å². The second-order valence-electron chi connectivity index (χ2n) is 7.39. The van der Waals surface area contributed by atoms with Crippen molar-refractivity contribution in [2.75, 3.05) is 5.32 Å². The average molecular weight is 496 g/mol. The molecule has 4 rings (SSSR count). The largest absolute Gasteiger partial charge is 0.319 e. The summed E-state index contributed by atoms with van der Waals surface area (Å²) in [7, 11) is 0. The van der Waals surface area contributed by atoms with E-state index in [0.717, 1.165) is 32.4 Å². The summed E-state index contributed by atoms with van der Waals surface area (Å²) >= 11 is 9.64. The van der Waals surface area contributed by atoms with E-state index in [1.165, 1.54) is 0 Å². The summed E-state index contributed by atoms with van der Waals surface area (Å²) < 4.78 is 2.68. The molecule has 0 fully saturated rings. The fraction of sp³-hybridized carbons (Fsp3) is 0.125. The molecule has 1 amide bonds. The molecule has 31 heavy (non-hydrogen) atoms. The Morgan fingerprint density at radius 3 is 2.39 bits per heavy atom. The number of halogens is 2. The molecule has 0 atom stereocenters. The zero-order valence-corrected chi connectivity index (χ0v) is 19.6. The lowest BCUT2D eigenvalue weighted by Crippen LogP contribution is -2.14. The first kappa shape index (κ1) is 21.3. The number of carbonyl (C=O) groups excluding carboxylic acids is 1. The fourth-order valence-corrected chi connectivity index (χ4v) is 3.71. The van der Waals surface area contributed by atoms with Crippen molar-refractivity contribution >= 4 is 39.1 Å². The number of amides is 1. The Balaban J connectivity index is 1.77. The van der Waals surface area contributed by atoms with E-state index in [4.69, 9.17) is 11.6 Å². The number of aryl methyl sites for hydroxylation is 3. The third kappa shape index (κ3) is 4.55. The Kier molecular flexibility index (Phi) is 5.94. The van der Waals surface area contributed by atoms with Crippen molar-refractivity contribution in [1.82, 2.24) is 14.8 Å². The maximum Gasteiger partial charge on any atom is 0.295 e. The number of carbonyl (C=O) groups is 1. The van der Waals surface area contributed by atoms with Gasteiger partial charge in [-0.15, -0.1) is 5.10 Å². The van der Waals surface area contributed by atoms with Crippen LogP contribution in [0, 0.1) is 20.8 Å². The Morgan fingerprint density at radius 1 is 0.968 bits per heavy atom. The van der Waals surface area contributed by atoms with Gasteiger partial charge >= 0.3 is 0 Å². The molecular formula is C24H20BrClN4O. The van der Waals surface area contributed by atoms with Crippen LogP contribution in [0.5, 0.6) is 0 Å². The third-order valence-corrected chi connectivity index (χ3v) is 5.86. The number of nitrogens with zero attached hydrogens (tertiary/aromatic N) is 3. The van der Waals surface area contributed by atoms with Gasteiger partial charge in [-0.1, -0.05) is 63.4 Å². The van der Waals surface area contributed by atoms with Gasteiger partial charge in [-0.05, 0) is 62.2 Å². The minimum atomic E-state index is -0.401. The van der Waals surface area contributed by atoms with E-state index in [9.17, 15) is 4.79 Å². The predicted octanol–water partition coefficient (Wildman–Crippen LogP) is 6.53. The van der Waals surface area contributed by atoms with Crippen molar-refractivity contribution in [3.8, 4) is 17.1 Å². The summed E-state index contributed by atoms with van der Waals surface area (Å²) in [6.07, 6.45) is 0. The fourth-order valence-electron chi connectivity index (χ4n) is 3.26. The van der Waals surface area contributed by atoms with Crippen LogP contribution in [0.2, 0.25) is 5.02 Å². The molecule has 4 aromatic rings. The lowest BCUT2D eigenvalue weighted by Gasteiger charge is -2.10. The van der Waals surface area contributed by atoms with Crippen LogP contribution in [0.15, 0.2) is 65.1 Å². The third-order valence-electron chi connectivity index (χ3n) is 4.92. The van der Waals surface area contributed by atoms with Crippen molar-refractivity contribution in [3.05, 3.63) is 92.7 Å². The number of hydrogen-bond acceptors (Lipinski definition) is 3. The highest BCUT2D eigenvalue weighted by molar-refractivity contribution is 9.10. The van der Waals surface area contributed by atoms with Crippen molar-refractivity contribution in [2.45, 2.75) is 20.8 Å². The number of hydrogen-bond donors (Lipinski definition) is 1. The standard InChI is InChI=1S/C24H20BrClN4O/c1-14-4-11-21(16(3)12-14)30-23(17-6-8-18(25)9-7-17)28-22(29-30)24(31)27-19-10-5-15(2)20(26)13-19/h4-13H,1-3H3,(H,27,31). The van der Waals surface area contributed by atoms with E-state index in [2.05, 4.69) is 37.4 Å². The molecule has 0 saturated carbocycles. The van der Waals surface area contributed by atoms with Crippen molar-refractivity contribution in [2.24, 2.45) is 0 Å². The van der Waals surface area contributed by atoms with Gasteiger partial charge in [0.2, 0.25) is 5.82 Å². The SMILES string of the molecule is Cc1ccc(-n2nc(C(=O)Nc3ccc(C)c(Cl)c3)nc2-c2ccc(Br)cc2)c(C)c1.